The molecule has 4 rings (SSSR count). The fraction of sp³-hybridized carbons (Fsp3) is 0.143. The molecule has 32 heavy (non-hydrogen) atoms. The standard InChI is InChI=1S/C28H25NO3/c1-2-22(25-16-9-13-19-10-3-6-14-23(19)25)27(30)29-26-17-8-5-12-21(26)18-20-11-4-7-15-24(20)28(31)32/h3-17,22H,2,18H2,1H3,(H,29,30)(H,31,32). The number of carboxylic acid groups (broad SMARTS) is 1. The van der Waals surface area contributed by atoms with Crippen LogP contribution in [0.2, 0.25) is 0 Å². The Morgan fingerprint density at radius 3 is 2.25 bits per heavy atom. The maximum atomic E-state index is 13.4. The number of carboxylic acids is 1. The number of hydrogen-bond acceptors (Lipinski definition) is 2. The number of hydrogen-bond donors (Lipinski definition) is 2. The average molecular weight is 424 g/mol. The molecule has 1 unspecified atom stereocenters. The number of aromatic carboxylic acids is 1. The van der Waals surface area contributed by atoms with Gasteiger partial charge in [0.25, 0.3) is 0 Å². The molecule has 4 heteroatoms. The summed E-state index contributed by atoms with van der Waals surface area (Å²) in [7, 11) is 0. The second-order valence-corrected chi connectivity index (χ2v) is 7.81. The molecule has 4 nitrogen and oxygen atoms in total. The molecular weight excluding hydrogens is 398 g/mol. The maximum Gasteiger partial charge on any atom is 0.335 e. The van der Waals surface area contributed by atoms with Crippen LogP contribution < -0.4 is 5.32 Å². The summed E-state index contributed by atoms with van der Waals surface area (Å²) in [6.07, 6.45) is 1.09. The van der Waals surface area contributed by atoms with Gasteiger partial charge < -0.3 is 10.4 Å². The van der Waals surface area contributed by atoms with Crippen LogP contribution in [0.5, 0.6) is 0 Å². The van der Waals surface area contributed by atoms with Gasteiger partial charge in [-0.05, 0) is 46.0 Å². The number of benzene rings is 4. The molecule has 0 aromatic heterocycles. The van der Waals surface area contributed by atoms with Gasteiger partial charge in [0.15, 0.2) is 0 Å². The Bertz CT molecular complexity index is 1270. The fourth-order valence-electron chi connectivity index (χ4n) is 4.21. The molecule has 1 amide bonds. The molecule has 1 atom stereocenters. The van der Waals surface area contributed by atoms with Gasteiger partial charge in [0, 0.05) is 12.1 Å². The van der Waals surface area contributed by atoms with E-state index in [4.69, 9.17) is 0 Å². The number of para-hydroxylation sites is 1. The molecule has 0 radical (unpaired) electrons. The minimum absolute atomic E-state index is 0.0668. The Balaban J connectivity index is 1.63. The van der Waals surface area contributed by atoms with Crippen molar-refractivity contribution in [2.75, 3.05) is 5.32 Å². The van der Waals surface area contributed by atoms with Crippen LogP contribution in [0.4, 0.5) is 5.69 Å². The van der Waals surface area contributed by atoms with Crippen molar-refractivity contribution in [3.05, 3.63) is 113 Å². The van der Waals surface area contributed by atoms with Crippen molar-refractivity contribution < 1.29 is 14.7 Å². The molecule has 0 aliphatic heterocycles. The van der Waals surface area contributed by atoms with E-state index in [-0.39, 0.29) is 17.4 Å². The lowest BCUT2D eigenvalue weighted by molar-refractivity contribution is -0.117. The molecule has 0 saturated heterocycles. The van der Waals surface area contributed by atoms with Crippen molar-refractivity contribution >= 4 is 28.3 Å². The van der Waals surface area contributed by atoms with Gasteiger partial charge in [-0.2, -0.15) is 0 Å². The van der Waals surface area contributed by atoms with Crippen molar-refractivity contribution in [1.82, 2.24) is 0 Å². The Morgan fingerprint density at radius 1 is 0.812 bits per heavy atom. The Hall–Kier alpha value is -3.92. The zero-order valence-electron chi connectivity index (χ0n) is 17.9. The lowest BCUT2D eigenvalue weighted by Gasteiger charge is -2.19. The number of anilines is 1. The molecule has 160 valence electrons. The van der Waals surface area contributed by atoms with Crippen LogP contribution in [0.15, 0.2) is 91.0 Å². The van der Waals surface area contributed by atoms with Crippen molar-refractivity contribution in [3.8, 4) is 0 Å². The van der Waals surface area contributed by atoms with Gasteiger partial charge in [-0.3, -0.25) is 4.79 Å². The topological polar surface area (TPSA) is 66.4 Å². The van der Waals surface area contributed by atoms with E-state index in [2.05, 4.69) is 23.5 Å². The highest BCUT2D eigenvalue weighted by atomic mass is 16.4. The van der Waals surface area contributed by atoms with Crippen molar-refractivity contribution in [2.24, 2.45) is 0 Å². The highest BCUT2D eigenvalue weighted by Crippen LogP contribution is 2.30. The summed E-state index contributed by atoms with van der Waals surface area (Å²) in [6, 6.07) is 28.7. The predicted molar refractivity (Wildman–Crippen MR) is 128 cm³/mol. The first-order valence-electron chi connectivity index (χ1n) is 10.8. The van der Waals surface area contributed by atoms with Gasteiger partial charge in [0.2, 0.25) is 5.91 Å². The van der Waals surface area contributed by atoms with Crippen LogP contribution in [-0.4, -0.2) is 17.0 Å². The number of carbonyl (C=O) groups is 2. The highest BCUT2D eigenvalue weighted by molar-refractivity contribution is 6.00. The molecule has 0 fully saturated rings. The SMILES string of the molecule is CCC(C(=O)Nc1ccccc1Cc1ccccc1C(=O)O)c1cccc2ccccc12. The van der Waals surface area contributed by atoms with Gasteiger partial charge >= 0.3 is 5.97 Å². The highest BCUT2D eigenvalue weighted by Gasteiger charge is 2.22. The predicted octanol–water partition coefficient (Wildman–Crippen LogP) is 6.26. The Kier molecular flexibility index (Phi) is 6.31. The van der Waals surface area contributed by atoms with Crippen molar-refractivity contribution in [2.45, 2.75) is 25.7 Å². The second kappa shape index (κ2) is 9.48. The number of rotatable bonds is 7. The molecular formula is C28H25NO3. The van der Waals surface area contributed by atoms with E-state index in [0.29, 0.717) is 24.1 Å². The number of fused-ring (bicyclic) bond motifs is 1. The fourth-order valence-corrected chi connectivity index (χ4v) is 4.21. The largest absolute Gasteiger partial charge is 0.478 e. The van der Waals surface area contributed by atoms with Crippen LogP contribution in [0.1, 0.15) is 46.3 Å². The van der Waals surface area contributed by atoms with Crippen LogP contribution in [-0.2, 0) is 11.2 Å². The molecule has 0 heterocycles. The molecule has 4 aromatic carbocycles. The number of carbonyl (C=O) groups excluding carboxylic acids is 1. The first-order valence-corrected chi connectivity index (χ1v) is 10.8. The Morgan fingerprint density at radius 2 is 1.47 bits per heavy atom. The van der Waals surface area contributed by atoms with Gasteiger partial charge in [0.1, 0.15) is 0 Å². The monoisotopic (exact) mass is 423 g/mol. The van der Waals surface area contributed by atoms with E-state index in [1.165, 1.54) is 0 Å². The van der Waals surface area contributed by atoms with Crippen LogP contribution >= 0.6 is 0 Å². The number of amides is 1. The van der Waals surface area contributed by atoms with Crippen LogP contribution in [0.25, 0.3) is 10.8 Å². The molecule has 0 aliphatic rings. The first kappa shape index (κ1) is 21.3. The van der Waals surface area contributed by atoms with E-state index in [9.17, 15) is 14.7 Å². The third-order valence-corrected chi connectivity index (χ3v) is 5.83. The van der Waals surface area contributed by atoms with Crippen molar-refractivity contribution in [1.29, 1.82) is 0 Å². The molecule has 2 N–H and O–H groups in total. The van der Waals surface area contributed by atoms with E-state index >= 15 is 0 Å². The number of nitrogens with one attached hydrogen (secondary N) is 1. The first-order chi connectivity index (χ1) is 15.6. The van der Waals surface area contributed by atoms with Gasteiger partial charge in [-0.25, -0.2) is 4.79 Å². The third kappa shape index (κ3) is 4.40. The Labute approximate surface area is 187 Å². The maximum absolute atomic E-state index is 13.4. The summed E-state index contributed by atoms with van der Waals surface area (Å²) in [4.78, 5) is 25.0. The van der Waals surface area contributed by atoms with Crippen LogP contribution in [0.3, 0.4) is 0 Å². The lowest BCUT2D eigenvalue weighted by atomic mass is 9.90. The third-order valence-electron chi connectivity index (χ3n) is 5.83. The van der Waals surface area contributed by atoms with E-state index in [0.717, 1.165) is 21.9 Å². The summed E-state index contributed by atoms with van der Waals surface area (Å²) >= 11 is 0. The van der Waals surface area contributed by atoms with Crippen LogP contribution in [0, 0.1) is 0 Å². The minimum Gasteiger partial charge on any atom is -0.478 e. The molecule has 0 aliphatic carbocycles. The molecule has 0 spiro atoms. The van der Waals surface area contributed by atoms with E-state index < -0.39 is 5.97 Å². The zero-order valence-corrected chi connectivity index (χ0v) is 17.9. The summed E-state index contributed by atoms with van der Waals surface area (Å²) < 4.78 is 0. The van der Waals surface area contributed by atoms with Gasteiger partial charge in [-0.15, -0.1) is 0 Å². The summed E-state index contributed by atoms with van der Waals surface area (Å²) in [5.41, 5.74) is 3.58. The summed E-state index contributed by atoms with van der Waals surface area (Å²) in [6.45, 7) is 2.01. The van der Waals surface area contributed by atoms with E-state index in [1.54, 1.807) is 12.1 Å². The summed E-state index contributed by atoms with van der Waals surface area (Å²) in [5, 5.41) is 14.8. The normalized spacial score (nSPS) is 11.8. The molecule has 0 bridgehead atoms. The molecule has 0 saturated carbocycles. The van der Waals surface area contributed by atoms with Gasteiger partial charge in [0.05, 0.1) is 11.5 Å². The molecule has 4 aromatic rings. The van der Waals surface area contributed by atoms with Crippen molar-refractivity contribution in [3.63, 3.8) is 0 Å². The minimum atomic E-state index is -0.955. The smallest absolute Gasteiger partial charge is 0.335 e. The van der Waals surface area contributed by atoms with Gasteiger partial charge in [-0.1, -0.05) is 85.8 Å². The quantitative estimate of drug-likeness (QED) is 0.369. The zero-order chi connectivity index (χ0) is 22.5. The lowest BCUT2D eigenvalue weighted by Crippen LogP contribution is -2.21. The van der Waals surface area contributed by atoms with E-state index in [1.807, 2.05) is 67.6 Å². The average Bonchev–Trinajstić information content (AvgIpc) is 2.81. The summed E-state index contributed by atoms with van der Waals surface area (Å²) in [5.74, 6) is -1.31. The second-order valence-electron chi connectivity index (χ2n) is 7.81.